The van der Waals surface area contributed by atoms with Gasteiger partial charge in [0.25, 0.3) is 0 Å². The molecule has 4 atom stereocenters. The minimum Gasteiger partial charge on any atom is -0.493 e. The minimum atomic E-state index is -1.24. The molecule has 0 saturated heterocycles. The number of carbonyl (C=O) groups excluding carboxylic acids is 2. The zero-order chi connectivity index (χ0) is 33.6. The average Bonchev–Trinajstić information content (AvgIpc) is 3.48. The van der Waals surface area contributed by atoms with Crippen LogP contribution < -0.4 is 29.6 Å². The number of hydrogen-bond donors (Lipinski definition) is 6. The van der Waals surface area contributed by atoms with E-state index in [0.29, 0.717) is 57.5 Å². The van der Waals surface area contributed by atoms with Gasteiger partial charge in [-0.1, -0.05) is 19.9 Å². The molecule has 46 heavy (non-hydrogen) atoms. The molecule has 2 aromatic rings. The Kier molecular flexibility index (Phi) is 9.26. The Morgan fingerprint density at radius 1 is 1.02 bits per heavy atom. The SMILES string of the molecule is COc1cc(C2c3cc4c(cc3[C@H](O)[C@@H](CO)[C@@H]2C(=O)CNC(=O)NC2=CC(C)(C)CN(O)C2(C)C)OCO4)cc(CO)c1OC. The number of fused-ring (bicyclic) bond motifs is 2. The Bertz CT molecular complexity index is 1510. The van der Waals surface area contributed by atoms with E-state index in [4.69, 9.17) is 18.9 Å². The number of nitrogens with one attached hydrogen (secondary N) is 2. The summed E-state index contributed by atoms with van der Waals surface area (Å²) in [7, 11) is 2.92. The zero-order valence-corrected chi connectivity index (χ0v) is 26.9. The predicted molar refractivity (Wildman–Crippen MR) is 165 cm³/mol. The molecule has 5 rings (SSSR count). The highest BCUT2D eigenvalue weighted by Crippen LogP contribution is 2.53. The molecule has 0 radical (unpaired) electrons. The second-order valence-electron chi connectivity index (χ2n) is 13.1. The Balaban J connectivity index is 1.52. The number of ether oxygens (including phenoxy) is 4. The van der Waals surface area contributed by atoms with Gasteiger partial charge in [0.05, 0.1) is 39.0 Å². The van der Waals surface area contributed by atoms with Gasteiger partial charge in [0.2, 0.25) is 6.79 Å². The summed E-state index contributed by atoms with van der Waals surface area (Å²) in [5.74, 6) is -1.64. The normalized spacial score (nSPS) is 24.4. The van der Waals surface area contributed by atoms with Crippen molar-refractivity contribution in [1.82, 2.24) is 15.7 Å². The van der Waals surface area contributed by atoms with Crippen molar-refractivity contribution in [3.63, 3.8) is 0 Å². The van der Waals surface area contributed by atoms with E-state index in [2.05, 4.69) is 10.6 Å². The van der Waals surface area contributed by atoms with Gasteiger partial charge >= 0.3 is 6.03 Å². The molecule has 0 aromatic heterocycles. The van der Waals surface area contributed by atoms with Gasteiger partial charge < -0.3 is 50.1 Å². The summed E-state index contributed by atoms with van der Waals surface area (Å²) < 4.78 is 22.2. The lowest BCUT2D eigenvalue weighted by molar-refractivity contribution is -0.170. The van der Waals surface area contributed by atoms with Crippen LogP contribution in [0.3, 0.4) is 0 Å². The summed E-state index contributed by atoms with van der Waals surface area (Å²) in [4.78, 5) is 27.3. The molecule has 6 N–H and O–H groups in total. The van der Waals surface area contributed by atoms with Crippen molar-refractivity contribution in [3.05, 3.63) is 58.3 Å². The maximum absolute atomic E-state index is 14.2. The van der Waals surface area contributed by atoms with Crippen LogP contribution in [0, 0.1) is 17.3 Å². The Morgan fingerprint density at radius 2 is 1.70 bits per heavy atom. The van der Waals surface area contributed by atoms with Gasteiger partial charge in [-0.3, -0.25) is 4.79 Å². The predicted octanol–water partition coefficient (Wildman–Crippen LogP) is 2.59. The van der Waals surface area contributed by atoms with E-state index in [-0.39, 0.29) is 13.4 Å². The van der Waals surface area contributed by atoms with E-state index in [1.165, 1.54) is 19.3 Å². The standard InChI is InChI=1S/C33H43N3O10/c1-32(2)11-26(33(3,4)36(42)15-32)35-31(41)34-12-22(39)28-21(14-38)29(40)20-10-24-23(45-16-46-24)9-19(20)27(28)17-7-18(13-37)30(44-6)25(8-17)43-5/h7-11,21,27-29,37-38,40,42H,12-16H2,1-6H3,(H2,34,35,41)/t21-,27?,28+,29-/m0/s1. The van der Waals surface area contributed by atoms with E-state index < -0.39 is 59.8 Å². The van der Waals surface area contributed by atoms with Gasteiger partial charge in [-0.25, -0.2) is 4.79 Å². The fraction of sp³-hybridized carbons (Fsp3) is 0.515. The van der Waals surface area contributed by atoms with E-state index in [1.807, 2.05) is 19.9 Å². The number of benzene rings is 2. The molecule has 13 heteroatoms. The fourth-order valence-corrected chi connectivity index (χ4v) is 6.73. The van der Waals surface area contributed by atoms with Crippen LogP contribution in [0.5, 0.6) is 23.0 Å². The number of aliphatic hydroxyl groups excluding tert-OH is 3. The average molecular weight is 642 g/mol. The molecule has 13 nitrogen and oxygen atoms in total. The lowest BCUT2D eigenvalue weighted by Crippen LogP contribution is -2.56. The summed E-state index contributed by atoms with van der Waals surface area (Å²) in [6.45, 7) is 6.43. The van der Waals surface area contributed by atoms with Crippen molar-refractivity contribution in [2.75, 3.05) is 40.7 Å². The number of Topliss-reactive ketones (excluding diaryl/α,β-unsaturated/α-hetero) is 1. The Hall–Kier alpha value is -3.88. The van der Waals surface area contributed by atoms with Crippen LogP contribution in [-0.2, 0) is 11.4 Å². The maximum Gasteiger partial charge on any atom is 0.319 e. The highest BCUT2D eigenvalue weighted by molar-refractivity contribution is 5.89. The number of rotatable bonds is 9. The molecule has 2 heterocycles. The largest absolute Gasteiger partial charge is 0.493 e. The fourth-order valence-electron chi connectivity index (χ4n) is 6.73. The van der Waals surface area contributed by atoms with Crippen molar-refractivity contribution >= 4 is 11.8 Å². The highest BCUT2D eigenvalue weighted by atomic mass is 16.7. The van der Waals surface area contributed by atoms with Crippen LogP contribution in [0.1, 0.15) is 62.0 Å². The summed E-state index contributed by atoms with van der Waals surface area (Å²) >= 11 is 0. The third-order valence-electron chi connectivity index (χ3n) is 9.22. The summed E-state index contributed by atoms with van der Waals surface area (Å²) in [6.07, 6.45) is 0.643. The smallest absolute Gasteiger partial charge is 0.319 e. The third-order valence-corrected chi connectivity index (χ3v) is 9.22. The molecule has 0 saturated carbocycles. The first-order valence-corrected chi connectivity index (χ1v) is 15.1. The van der Waals surface area contributed by atoms with Crippen LogP contribution in [0.2, 0.25) is 0 Å². The quantitative estimate of drug-likeness (QED) is 0.237. The van der Waals surface area contributed by atoms with Crippen molar-refractivity contribution < 1.29 is 49.1 Å². The number of urea groups is 1. The second-order valence-corrected chi connectivity index (χ2v) is 13.1. The number of hydroxylamine groups is 2. The lowest BCUT2D eigenvalue weighted by Gasteiger charge is -2.44. The third kappa shape index (κ3) is 6.00. The second kappa shape index (κ2) is 12.7. The summed E-state index contributed by atoms with van der Waals surface area (Å²) in [5.41, 5.74) is 1.18. The van der Waals surface area contributed by atoms with E-state index in [0.717, 1.165) is 0 Å². The monoisotopic (exact) mass is 641 g/mol. The van der Waals surface area contributed by atoms with Crippen LogP contribution in [0.25, 0.3) is 0 Å². The molecule has 2 aromatic carbocycles. The molecule has 2 amide bonds. The van der Waals surface area contributed by atoms with Gasteiger partial charge in [0.15, 0.2) is 28.8 Å². The number of nitrogens with zero attached hydrogens (tertiary/aromatic N) is 1. The van der Waals surface area contributed by atoms with Gasteiger partial charge in [-0.05, 0) is 60.2 Å². The van der Waals surface area contributed by atoms with Crippen molar-refractivity contribution in [1.29, 1.82) is 0 Å². The van der Waals surface area contributed by atoms with E-state index in [9.17, 15) is 30.1 Å². The molecule has 0 fully saturated rings. The molecule has 250 valence electrons. The molecule has 0 spiro atoms. The van der Waals surface area contributed by atoms with Crippen LogP contribution in [-0.4, -0.2) is 83.7 Å². The molecule has 1 aliphatic carbocycles. The van der Waals surface area contributed by atoms with E-state index in [1.54, 1.807) is 38.1 Å². The molecule has 1 unspecified atom stereocenters. The first-order valence-electron chi connectivity index (χ1n) is 15.1. The van der Waals surface area contributed by atoms with Gasteiger partial charge in [-0.2, -0.15) is 5.06 Å². The molecular weight excluding hydrogens is 598 g/mol. The number of aliphatic hydroxyl groups is 3. The minimum absolute atomic E-state index is 0.00666. The number of amides is 2. The first-order chi connectivity index (χ1) is 21.8. The van der Waals surface area contributed by atoms with Crippen molar-refractivity contribution in [3.8, 4) is 23.0 Å². The first kappa shape index (κ1) is 33.5. The summed E-state index contributed by atoms with van der Waals surface area (Å²) in [6, 6.07) is 6.12. The zero-order valence-electron chi connectivity index (χ0n) is 26.9. The van der Waals surface area contributed by atoms with Gasteiger partial charge in [-0.15, -0.1) is 0 Å². The maximum atomic E-state index is 14.2. The number of methoxy groups -OCH3 is 2. The molecular formula is C33H43N3O10. The van der Waals surface area contributed by atoms with Crippen molar-refractivity contribution in [2.24, 2.45) is 17.3 Å². The lowest BCUT2D eigenvalue weighted by atomic mass is 9.63. The molecule has 3 aliphatic rings. The highest BCUT2D eigenvalue weighted by Gasteiger charge is 2.47. The number of carbonyl (C=O) groups is 2. The Morgan fingerprint density at radius 3 is 2.30 bits per heavy atom. The number of ketones is 1. The van der Waals surface area contributed by atoms with Crippen LogP contribution in [0.4, 0.5) is 4.79 Å². The van der Waals surface area contributed by atoms with Crippen molar-refractivity contribution in [2.45, 2.75) is 51.9 Å². The topological polar surface area (TPSA) is 179 Å². The Labute approximate surface area is 267 Å². The number of hydrogen-bond acceptors (Lipinski definition) is 11. The summed E-state index contributed by atoms with van der Waals surface area (Å²) in [5, 5.41) is 49.5. The molecule has 0 bridgehead atoms. The van der Waals surface area contributed by atoms with E-state index >= 15 is 0 Å². The van der Waals surface area contributed by atoms with Gasteiger partial charge in [0, 0.05) is 42.2 Å². The van der Waals surface area contributed by atoms with Crippen LogP contribution in [0.15, 0.2) is 36.0 Å². The molecule has 2 aliphatic heterocycles. The van der Waals surface area contributed by atoms with Gasteiger partial charge in [0.1, 0.15) is 0 Å². The van der Waals surface area contributed by atoms with Crippen LogP contribution >= 0.6 is 0 Å².